The fraction of sp³-hybridized carbons (Fsp3) is 0.778. The summed E-state index contributed by atoms with van der Waals surface area (Å²) in [5.41, 5.74) is 6.86. The molecule has 3 rings (SSSR count). The van der Waals surface area contributed by atoms with E-state index in [2.05, 4.69) is 15.5 Å². The van der Waals surface area contributed by atoms with Crippen LogP contribution in [0.25, 0.3) is 0 Å². The number of nitrogens with one attached hydrogen (secondary N) is 2. The van der Waals surface area contributed by atoms with Gasteiger partial charge in [-0.1, -0.05) is 12.8 Å². The number of rotatable bonds is 5. The first-order valence-electron chi connectivity index (χ1n) is 9.86. The summed E-state index contributed by atoms with van der Waals surface area (Å²) in [5, 5.41) is 9.90. The molecule has 1 aliphatic carbocycles. The Morgan fingerprint density at radius 1 is 1.26 bits per heavy atom. The van der Waals surface area contributed by atoms with Crippen molar-refractivity contribution >= 4 is 15.9 Å². The highest BCUT2D eigenvalue weighted by Gasteiger charge is 2.36. The van der Waals surface area contributed by atoms with Crippen molar-refractivity contribution in [3.05, 3.63) is 11.4 Å². The molecule has 1 aromatic rings. The zero-order valence-electron chi connectivity index (χ0n) is 16.2. The topological polar surface area (TPSA) is 121 Å². The summed E-state index contributed by atoms with van der Waals surface area (Å²) in [6.45, 7) is 4.62. The van der Waals surface area contributed by atoms with Gasteiger partial charge in [-0.15, -0.1) is 0 Å². The lowest BCUT2D eigenvalue weighted by Gasteiger charge is -2.35. The van der Waals surface area contributed by atoms with Gasteiger partial charge in [0, 0.05) is 19.1 Å². The van der Waals surface area contributed by atoms with Crippen molar-refractivity contribution in [2.24, 2.45) is 17.6 Å². The number of H-pyrrole nitrogens is 1. The smallest absolute Gasteiger partial charge is 0.246 e. The van der Waals surface area contributed by atoms with Crippen molar-refractivity contribution in [1.29, 1.82) is 0 Å². The maximum Gasteiger partial charge on any atom is 0.246 e. The molecular formula is C18H31N5O3S. The minimum atomic E-state index is -3.66. The maximum atomic E-state index is 13.1. The van der Waals surface area contributed by atoms with E-state index in [4.69, 9.17) is 5.73 Å². The third-order valence-corrected chi connectivity index (χ3v) is 8.08. The molecule has 2 aliphatic rings. The van der Waals surface area contributed by atoms with Crippen LogP contribution in [-0.4, -0.2) is 54.5 Å². The average molecular weight is 398 g/mol. The van der Waals surface area contributed by atoms with Crippen LogP contribution in [0.15, 0.2) is 4.90 Å². The number of sulfonamides is 1. The predicted octanol–water partition coefficient (Wildman–Crippen LogP) is 1.06. The number of aryl methyl sites for hydroxylation is 2. The second kappa shape index (κ2) is 8.28. The van der Waals surface area contributed by atoms with E-state index < -0.39 is 10.0 Å². The fourth-order valence-electron chi connectivity index (χ4n) is 4.40. The van der Waals surface area contributed by atoms with Crippen LogP contribution in [0.2, 0.25) is 0 Å². The number of amides is 1. The van der Waals surface area contributed by atoms with Crippen molar-refractivity contribution in [1.82, 2.24) is 19.8 Å². The third kappa shape index (κ3) is 4.20. The van der Waals surface area contributed by atoms with E-state index >= 15 is 0 Å². The SMILES string of the molecule is Cc1n[nH]c(C)c1S(=O)(=O)N1CCCC(C(=O)NC2CCCCC2CN)C1. The van der Waals surface area contributed by atoms with Crippen LogP contribution >= 0.6 is 0 Å². The van der Waals surface area contributed by atoms with Gasteiger partial charge < -0.3 is 11.1 Å². The monoisotopic (exact) mass is 397 g/mol. The quantitative estimate of drug-likeness (QED) is 0.686. The number of nitrogens with two attached hydrogens (primary N) is 1. The number of carbonyl (C=O) groups is 1. The Morgan fingerprint density at radius 2 is 2.00 bits per heavy atom. The number of piperidine rings is 1. The van der Waals surface area contributed by atoms with Gasteiger partial charge >= 0.3 is 0 Å². The summed E-state index contributed by atoms with van der Waals surface area (Å²) in [5.74, 6) is -0.0374. The van der Waals surface area contributed by atoms with Gasteiger partial charge in [-0.3, -0.25) is 9.89 Å². The average Bonchev–Trinajstić information content (AvgIpc) is 3.01. The highest BCUT2D eigenvalue weighted by atomic mass is 32.2. The summed E-state index contributed by atoms with van der Waals surface area (Å²) >= 11 is 0. The van der Waals surface area contributed by atoms with Crippen LogP contribution in [0.3, 0.4) is 0 Å². The number of hydrogen-bond acceptors (Lipinski definition) is 5. The normalized spacial score (nSPS) is 27.4. The number of carbonyl (C=O) groups excluding carboxylic acids is 1. The lowest BCUT2D eigenvalue weighted by molar-refractivity contribution is -0.127. The fourth-order valence-corrected chi connectivity index (χ4v) is 6.26. The van der Waals surface area contributed by atoms with Gasteiger partial charge in [0.05, 0.1) is 17.3 Å². The lowest BCUT2D eigenvalue weighted by atomic mass is 9.84. The van der Waals surface area contributed by atoms with E-state index in [0.29, 0.717) is 43.2 Å². The molecule has 2 fully saturated rings. The maximum absolute atomic E-state index is 13.1. The first-order chi connectivity index (χ1) is 12.8. The van der Waals surface area contributed by atoms with Gasteiger partial charge in [0.15, 0.2) is 0 Å². The Hall–Kier alpha value is -1.45. The molecule has 1 aliphatic heterocycles. The number of aromatic nitrogens is 2. The number of nitrogens with zero attached hydrogens (tertiary/aromatic N) is 2. The van der Waals surface area contributed by atoms with Crippen LogP contribution in [-0.2, 0) is 14.8 Å². The first-order valence-corrected chi connectivity index (χ1v) is 11.3. The van der Waals surface area contributed by atoms with E-state index in [9.17, 15) is 13.2 Å². The van der Waals surface area contributed by atoms with Crippen LogP contribution in [0.1, 0.15) is 49.9 Å². The third-order valence-electron chi connectivity index (χ3n) is 5.95. The minimum absolute atomic E-state index is 0.0408. The van der Waals surface area contributed by atoms with Gasteiger partial charge in [-0.2, -0.15) is 9.40 Å². The molecule has 0 aromatic carbocycles. The lowest BCUT2D eigenvalue weighted by Crippen LogP contribution is -2.50. The Kier molecular flexibility index (Phi) is 6.22. The molecule has 3 unspecified atom stereocenters. The van der Waals surface area contributed by atoms with Crippen molar-refractivity contribution in [2.75, 3.05) is 19.6 Å². The number of aromatic amines is 1. The van der Waals surface area contributed by atoms with Crippen molar-refractivity contribution in [3.8, 4) is 0 Å². The minimum Gasteiger partial charge on any atom is -0.353 e. The first kappa shape index (κ1) is 20.3. The van der Waals surface area contributed by atoms with E-state index in [1.807, 2.05) is 0 Å². The largest absolute Gasteiger partial charge is 0.353 e. The van der Waals surface area contributed by atoms with E-state index in [-0.39, 0.29) is 29.3 Å². The standard InChI is InChI=1S/C18H31N5O3S/c1-12-17(13(2)22-21-12)27(25,26)23-9-5-7-15(11-23)18(24)20-16-8-4-3-6-14(16)10-19/h14-16H,3-11,19H2,1-2H3,(H,20,24)(H,21,22). The van der Waals surface area contributed by atoms with Gasteiger partial charge in [-0.25, -0.2) is 8.42 Å². The molecule has 0 bridgehead atoms. The molecule has 1 amide bonds. The second-order valence-electron chi connectivity index (χ2n) is 7.86. The van der Waals surface area contributed by atoms with Gasteiger partial charge in [0.1, 0.15) is 4.90 Å². The van der Waals surface area contributed by atoms with Crippen LogP contribution < -0.4 is 11.1 Å². The molecule has 27 heavy (non-hydrogen) atoms. The summed E-state index contributed by atoms with van der Waals surface area (Å²) in [6, 6.07) is 0.113. The van der Waals surface area contributed by atoms with Crippen LogP contribution in [0.5, 0.6) is 0 Å². The van der Waals surface area contributed by atoms with Gasteiger partial charge in [0.2, 0.25) is 15.9 Å². The molecular weight excluding hydrogens is 366 g/mol. The summed E-state index contributed by atoms with van der Waals surface area (Å²) in [7, 11) is -3.66. The zero-order chi connectivity index (χ0) is 19.6. The van der Waals surface area contributed by atoms with E-state index in [1.165, 1.54) is 4.31 Å². The molecule has 3 atom stereocenters. The highest BCUT2D eigenvalue weighted by molar-refractivity contribution is 7.89. The Labute approximate surface area is 161 Å². The zero-order valence-corrected chi connectivity index (χ0v) is 17.0. The summed E-state index contributed by atoms with van der Waals surface area (Å²) in [4.78, 5) is 13.1. The molecule has 1 saturated heterocycles. The molecule has 1 aromatic heterocycles. The van der Waals surface area contributed by atoms with Gasteiger partial charge in [0.25, 0.3) is 0 Å². The Balaban J connectivity index is 1.69. The summed E-state index contributed by atoms with van der Waals surface area (Å²) < 4.78 is 27.6. The summed E-state index contributed by atoms with van der Waals surface area (Å²) in [6.07, 6.45) is 5.65. The molecule has 4 N–H and O–H groups in total. The highest BCUT2D eigenvalue weighted by Crippen LogP contribution is 2.28. The molecule has 2 heterocycles. The molecule has 9 heteroatoms. The van der Waals surface area contributed by atoms with E-state index in [1.54, 1.807) is 13.8 Å². The van der Waals surface area contributed by atoms with Crippen molar-refractivity contribution in [3.63, 3.8) is 0 Å². The molecule has 8 nitrogen and oxygen atoms in total. The molecule has 152 valence electrons. The Bertz CT molecular complexity index is 756. The second-order valence-corrected chi connectivity index (χ2v) is 9.74. The van der Waals surface area contributed by atoms with Crippen molar-refractivity contribution in [2.45, 2.75) is 63.3 Å². The molecule has 0 spiro atoms. The molecule has 1 saturated carbocycles. The molecule has 0 radical (unpaired) electrons. The van der Waals surface area contributed by atoms with Crippen LogP contribution in [0.4, 0.5) is 0 Å². The predicted molar refractivity (Wildman–Crippen MR) is 102 cm³/mol. The van der Waals surface area contributed by atoms with E-state index in [0.717, 1.165) is 25.7 Å². The van der Waals surface area contributed by atoms with Gasteiger partial charge in [-0.05, 0) is 52.0 Å². The van der Waals surface area contributed by atoms with Crippen molar-refractivity contribution < 1.29 is 13.2 Å². The number of hydrogen-bond donors (Lipinski definition) is 3. The van der Waals surface area contributed by atoms with Crippen LogP contribution in [0, 0.1) is 25.7 Å². The Morgan fingerprint density at radius 3 is 2.67 bits per heavy atom.